The lowest BCUT2D eigenvalue weighted by Gasteiger charge is -2.40. The maximum absolute atomic E-state index is 4.52. The first-order valence-corrected chi connectivity index (χ1v) is 7.58. The maximum atomic E-state index is 4.52. The minimum absolute atomic E-state index is 0.681. The van der Waals surface area contributed by atoms with Crippen molar-refractivity contribution in [1.29, 1.82) is 0 Å². The third kappa shape index (κ3) is 2.58. The van der Waals surface area contributed by atoms with Crippen LogP contribution in [-0.4, -0.2) is 38.9 Å². The molecule has 2 aromatic rings. The molecule has 5 nitrogen and oxygen atoms in total. The number of rotatable bonds is 4. The molecule has 0 aromatic carbocycles. The Morgan fingerprint density at radius 1 is 1.32 bits per heavy atom. The molecule has 19 heavy (non-hydrogen) atoms. The van der Waals surface area contributed by atoms with E-state index in [9.17, 15) is 0 Å². The first-order valence-electron chi connectivity index (χ1n) is 6.36. The smallest absolute Gasteiger partial charge is 0.189 e. The van der Waals surface area contributed by atoms with Crippen molar-refractivity contribution in [3.8, 4) is 0 Å². The zero-order valence-corrected chi connectivity index (χ0v) is 12.0. The first-order chi connectivity index (χ1) is 9.26. The third-order valence-electron chi connectivity index (χ3n) is 3.46. The van der Waals surface area contributed by atoms with E-state index in [1.807, 2.05) is 31.6 Å². The van der Waals surface area contributed by atoms with Crippen LogP contribution in [0, 0.1) is 12.8 Å². The van der Waals surface area contributed by atoms with Gasteiger partial charge in [0, 0.05) is 44.1 Å². The summed E-state index contributed by atoms with van der Waals surface area (Å²) in [5.74, 6) is 2.81. The van der Waals surface area contributed by atoms with Gasteiger partial charge >= 0.3 is 0 Å². The number of nitrogens with zero attached hydrogens (tertiary/aromatic N) is 5. The van der Waals surface area contributed by atoms with E-state index in [0.29, 0.717) is 5.92 Å². The van der Waals surface area contributed by atoms with Crippen LogP contribution >= 0.6 is 11.8 Å². The minimum Gasteiger partial charge on any atom is -0.356 e. The fraction of sp³-hybridized carbons (Fsp3) is 0.462. The molecule has 0 unspecified atom stereocenters. The highest BCUT2D eigenvalue weighted by molar-refractivity contribution is 7.98. The topological polar surface area (TPSA) is 46.8 Å². The Kier molecular flexibility index (Phi) is 3.42. The molecule has 1 fully saturated rings. The van der Waals surface area contributed by atoms with E-state index in [1.54, 1.807) is 11.8 Å². The third-order valence-corrected chi connectivity index (χ3v) is 4.02. The van der Waals surface area contributed by atoms with Crippen LogP contribution in [0.25, 0.3) is 0 Å². The molecular weight excluding hydrogens is 258 g/mol. The van der Waals surface area contributed by atoms with Gasteiger partial charge in [-0.1, -0.05) is 11.8 Å². The molecule has 0 N–H and O–H groups in total. The minimum atomic E-state index is 0.681. The highest BCUT2D eigenvalue weighted by Crippen LogP contribution is 2.25. The molecule has 0 aliphatic carbocycles. The van der Waals surface area contributed by atoms with Crippen molar-refractivity contribution in [1.82, 2.24) is 19.5 Å². The monoisotopic (exact) mass is 275 g/mol. The molecule has 0 spiro atoms. The van der Waals surface area contributed by atoms with Gasteiger partial charge in [0.15, 0.2) is 5.16 Å². The van der Waals surface area contributed by atoms with Gasteiger partial charge in [-0.2, -0.15) is 0 Å². The van der Waals surface area contributed by atoms with Gasteiger partial charge in [-0.05, 0) is 19.2 Å². The first kappa shape index (κ1) is 12.5. The second kappa shape index (κ2) is 5.21. The Morgan fingerprint density at radius 3 is 2.84 bits per heavy atom. The molecule has 2 aromatic heterocycles. The molecule has 0 atom stereocenters. The number of thioether (sulfide) groups is 1. The summed E-state index contributed by atoms with van der Waals surface area (Å²) in [6.45, 7) is 5.21. The average Bonchev–Trinajstić information content (AvgIpc) is 2.79. The quantitative estimate of drug-likeness (QED) is 0.629. The van der Waals surface area contributed by atoms with E-state index in [4.69, 9.17) is 0 Å². The van der Waals surface area contributed by atoms with Gasteiger partial charge in [0.25, 0.3) is 0 Å². The summed E-state index contributed by atoms with van der Waals surface area (Å²) in [4.78, 5) is 15.3. The van der Waals surface area contributed by atoms with Crippen LogP contribution in [0.15, 0.2) is 29.8 Å². The Bertz CT molecular complexity index is 562. The Balaban J connectivity index is 1.59. The molecule has 3 rings (SSSR count). The summed E-state index contributed by atoms with van der Waals surface area (Å²) < 4.78 is 2.22. The Hall–Kier alpha value is -1.56. The highest BCUT2D eigenvalue weighted by Gasteiger charge is 2.28. The predicted octanol–water partition coefficient (Wildman–Crippen LogP) is 1.84. The van der Waals surface area contributed by atoms with Crippen molar-refractivity contribution in [2.24, 2.45) is 5.92 Å². The number of aromatic nitrogens is 4. The van der Waals surface area contributed by atoms with Crippen LogP contribution in [0.1, 0.15) is 5.82 Å². The molecular formula is C13H17N5S. The van der Waals surface area contributed by atoms with Gasteiger partial charge in [0.1, 0.15) is 11.6 Å². The summed E-state index contributed by atoms with van der Waals surface area (Å²) in [6.07, 6.45) is 7.75. The molecule has 100 valence electrons. The zero-order valence-electron chi connectivity index (χ0n) is 11.2. The second-order valence-electron chi connectivity index (χ2n) is 4.80. The van der Waals surface area contributed by atoms with Gasteiger partial charge in [-0.25, -0.2) is 15.0 Å². The largest absolute Gasteiger partial charge is 0.356 e. The number of hydrogen-bond acceptors (Lipinski definition) is 5. The molecule has 3 heterocycles. The van der Waals surface area contributed by atoms with Gasteiger partial charge < -0.3 is 9.47 Å². The van der Waals surface area contributed by atoms with Crippen molar-refractivity contribution in [2.45, 2.75) is 18.6 Å². The van der Waals surface area contributed by atoms with Gasteiger partial charge in [-0.15, -0.1) is 0 Å². The summed E-state index contributed by atoms with van der Waals surface area (Å²) in [5.41, 5.74) is 0. The van der Waals surface area contributed by atoms with Crippen LogP contribution in [0.3, 0.4) is 0 Å². The SMILES string of the molecule is CSc1nccc(N2CC(Cn3ccnc3C)C2)n1. The summed E-state index contributed by atoms with van der Waals surface area (Å²) in [5, 5.41) is 0.839. The van der Waals surface area contributed by atoms with Gasteiger partial charge in [0.2, 0.25) is 0 Å². The van der Waals surface area contributed by atoms with E-state index in [0.717, 1.165) is 36.4 Å². The van der Waals surface area contributed by atoms with Crippen LogP contribution in [0.2, 0.25) is 0 Å². The molecule has 0 bridgehead atoms. The van der Waals surface area contributed by atoms with E-state index in [-0.39, 0.29) is 0 Å². The normalized spacial score (nSPS) is 15.6. The molecule has 0 radical (unpaired) electrons. The second-order valence-corrected chi connectivity index (χ2v) is 5.57. The molecule has 6 heteroatoms. The number of anilines is 1. The summed E-state index contributed by atoms with van der Waals surface area (Å²) >= 11 is 1.58. The van der Waals surface area contributed by atoms with Crippen LogP contribution in [0.5, 0.6) is 0 Å². The van der Waals surface area contributed by atoms with Crippen molar-refractivity contribution < 1.29 is 0 Å². The fourth-order valence-corrected chi connectivity index (χ4v) is 2.70. The fourth-order valence-electron chi connectivity index (χ4n) is 2.35. The van der Waals surface area contributed by atoms with Crippen molar-refractivity contribution >= 4 is 17.6 Å². The van der Waals surface area contributed by atoms with Crippen LogP contribution in [-0.2, 0) is 6.54 Å². The van der Waals surface area contributed by atoms with E-state index < -0.39 is 0 Å². The number of hydrogen-bond donors (Lipinski definition) is 0. The summed E-state index contributed by atoms with van der Waals surface area (Å²) in [7, 11) is 0. The standard InChI is InChI=1S/C13H17N5S/c1-10-14-5-6-17(10)7-11-8-18(9-11)12-3-4-15-13(16-12)19-2/h3-6,11H,7-9H2,1-2H3. The van der Waals surface area contributed by atoms with Crippen molar-refractivity contribution in [2.75, 3.05) is 24.2 Å². The lowest BCUT2D eigenvalue weighted by atomic mass is 10.0. The molecule has 1 aliphatic rings. The summed E-state index contributed by atoms with van der Waals surface area (Å²) in [6, 6.07) is 1.98. The van der Waals surface area contributed by atoms with Crippen molar-refractivity contribution in [3.05, 3.63) is 30.5 Å². The average molecular weight is 275 g/mol. The van der Waals surface area contributed by atoms with Gasteiger partial charge in [-0.3, -0.25) is 0 Å². The lowest BCUT2D eigenvalue weighted by Crippen LogP contribution is -2.49. The van der Waals surface area contributed by atoms with Crippen LogP contribution in [0.4, 0.5) is 5.82 Å². The molecule has 0 amide bonds. The lowest BCUT2D eigenvalue weighted by molar-refractivity contribution is 0.351. The van der Waals surface area contributed by atoms with E-state index in [1.165, 1.54) is 0 Å². The van der Waals surface area contributed by atoms with Crippen LogP contribution < -0.4 is 4.90 Å². The maximum Gasteiger partial charge on any atom is 0.189 e. The zero-order chi connectivity index (χ0) is 13.2. The molecule has 0 saturated carbocycles. The molecule has 1 aliphatic heterocycles. The number of imidazole rings is 1. The predicted molar refractivity (Wildman–Crippen MR) is 76.5 cm³/mol. The van der Waals surface area contributed by atoms with E-state index >= 15 is 0 Å². The molecule has 1 saturated heterocycles. The number of aryl methyl sites for hydroxylation is 1. The highest BCUT2D eigenvalue weighted by atomic mass is 32.2. The van der Waals surface area contributed by atoms with E-state index in [2.05, 4.69) is 30.6 Å². The Labute approximate surface area is 117 Å². The van der Waals surface area contributed by atoms with Crippen molar-refractivity contribution in [3.63, 3.8) is 0 Å². The Morgan fingerprint density at radius 2 is 2.16 bits per heavy atom. The van der Waals surface area contributed by atoms with Gasteiger partial charge in [0.05, 0.1) is 0 Å².